The fourth-order valence-corrected chi connectivity index (χ4v) is 2.80. The molecule has 0 aliphatic rings. The summed E-state index contributed by atoms with van der Waals surface area (Å²) in [5, 5.41) is 1.90. The molecule has 0 fully saturated rings. The third-order valence-electron chi connectivity index (χ3n) is 3.70. The Morgan fingerprint density at radius 3 is 2.83 bits per heavy atom. The van der Waals surface area contributed by atoms with Gasteiger partial charge in [-0.15, -0.1) is 0 Å². The Labute approximate surface area is 141 Å². The fourth-order valence-electron chi connectivity index (χ4n) is 2.60. The van der Waals surface area contributed by atoms with Gasteiger partial charge in [-0.25, -0.2) is 9.78 Å². The summed E-state index contributed by atoms with van der Waals surface area (Å²) in [5.74, 6) is 1.31. The maximum atomic E-state index is 11.6. The molecule has 0 bridgehead atoms. The van der Waals surface area contributed by atoms with Gasteiger partial charge >= 0.3 is 5.63 Å². The van der Waals surface area contributed by atoms with Gasteiger partial charge in [-0.2, -0.15) is 4.98 Å². The first-order valence-electron chi connectivity index (χ1n) is 7.25. The van der Waals surface area contributed by atoms with Crippen molar-refractivity contribution in [1.29, 1.82) is 0 Å². The number of nitrogens with one attached hydrogen (secondary N) is 1. The number of hydrogen-bond acceptors (Lipinski definition) is 5. The molecule has 7 heteroatoms. The van der Waals surface area contributed by atoms with Gasteiger partial charge in [-0.3, -0.25) is 0 Å². The van der Waals surface area contributed by atoms with Crippen LogP contribution < -0.4 is 10.4 Å². The molecule has 0 aliphatic heterocycles. The van der Waals surface area contributed by atoms with Crippen LogP contribution in [-0.2, 0) is 0 Å². The molecule has 4 rings (SSSR count). The van der Waals surface area contributed by atoms with E-state index in [1.165, 1.54) is 6.07 Å². The first kappa shape index (κ1) is 14.7. The van der Waals surface area contributed by atoms with E-state index < -0.39 is 5.63 Å². The molecule has 3 aromatic heterocycles. The van der Waals surface area contributed by atoms with E-state index in [0.717, 1.165) is 16.3 Å². The molecule has 120 valence electrons. The maximum Gasteiger partial charge on any atom is 0.336 e. The van der Waals surface area contributed by atoms with E-state index >= 15 is 0 Å². The average Bonchev–Trinajstić information content (AvgIpc) is 2.97. The zero-order valence-electron chi connectivity index (χ0n) is 12.9. The van der Waals surface area contributed by atoms with E-state index in [1.807, 2.05) is 13.0 Å². The molecule has 24 heavy (non-hydrogen) atoms. The van der Waals surface area contributed by atoms with E-state index in [1.54, 1.807) is 25.3 Å². The maximum absolute atomic E-state index is 11.6. The molecule has 0 saturated heterocycles. The summed E-state index contributed by atoms with van der Waals surface area (Å²) >= 11 is 6.33. The highest BCUT2D eigenvalue weighted by Gasteiger charge is 2.14. The van der Waals surface area contributed by atoms with Gasteiger partial charge in [-0.1, -0.05) is 11.6 Å². The van der Waals surface area contributed by atoms with Crippen molar-refractivity contribution < 1.29 is 9.15 Å². The van der Waals surface area contributed by atoms with Crippen LogP contribution in [0.2, 0.25) is 5.02 Å². The Morgan fingerprint density at radius 2 is 2.00 bits per heavy atom. The van der Waals surface area contributed by atoms with Crippen molar-refractivity contribution >= 4 is 33.6 Å². The number of halogens is 1. The summed E-state index contributed by atoms with van der Waals surface area (Å²) in [6.45, 7) is 3.60. The van der Waals surface area contributed by atoms with Gasteiger partial charge in [0.25, 0.3) is 0 Å². The lowest BCUT2D eigenvalue weighted by Gasteiger charge is -2.10. The molecule has 6 nitrogen and oxygen atoms in total. The molecule has 0 amide bonds. The standard InChI is InChI=1S/C17H12ClN3O3/c1-8-5-15(22)23-13-7-14(12(18)6-11(8)13)24-17-10-3-4-19-16(10)20-9(2)21-17/h3-7H,1-2H3,(H,19,20,21). The number of fused-ring (bicyclic) bond motifs is 2. The van der Waals surface area contributed by atoms with E-state index in [4.69, 9.17) is 20.8 Å². The Bertz CT molecular complexity index is 1150. The Hall–Kier alpha value is -2.86. The zero-order chi connectivity index (χ0) is 16.8. The lowest BCUT2D eigenvalue weighted by atomic mass is 10.1. The molecule has 0 spiro atoms. The van der Waals surface area contributed by atoms with Gasteiger partial charge < -0.3 is 14.1 Å². The quantitative estimate of drug-likeness (QED) is 0.554. The van der Waals surface area contributed by atoms with E-state index in [-0.39, 0.29) is 0 Å². The van der Waals surface area contributed by atoms with Crippen LogP contribution in [0.15, 0.2) is 39.7 Å². The van der Waals surface area contributed by atoms with Gasteiger partial charge in [0.2, 0.25) is 5.88 Å². The van der Waals surface area contributed by atoms with E-state index in [0.29, 0.717) is 33.7 Å². The van der Waals surface area contributed by atoms with Crippen LogP contribution in [0.4, 0.5) is 0 Å². The number of hydrogen-bond donors (Lipinski definition) is 1. The number of nitrogens with zero attached hydrogens (tertiary/aromatic N) is 2. The summed E-state index contributed by atoms with van der Waals surface area (Å²) in [4.78, 5) is 23.2. The highest BCUT2D eigenvalue weighted by molar-refractivity contribution is 6.32. The summed E-state index contributed by atoms with van der Waals surface area (Å²) in [7, 11) is 0. The van der Waals surface area contributed by atoms with Gasteiger partial charge in [0.15, 0.2) is 5.75 Å². The molecular formula is C17H12ClN3O3. The Balaban J connectivity index is 1.88. The smallest absolute Gasteiger partial charge is 0.336 e. The summed E-state index contributed by atoms with van der Waals surface area (Å²) in [5.41, 5.74) is 1.46. The van der Waals surface area contributed by atoms with Crippen LogP contribution in [0.25, 0.3) is 22.0 Å². The summed E-state index contributed by atoms with van der Waals surface area (Å²) in [6.07, 6.45) is 1.76. The molecule has 0 atom stereocenters. The molecule has 4 aromatic rings. The normalized spacial score (nSPS) is 11.3. The van der Waals surface area contributed by atoms with Crippen molar-refractivity contribution in [3.05, 3.63) is 57.3 Å². The highest BCUT2D eigenvalue weighted by atomic mass is 35.5. The minimum atomic E-state index is -0.417. The van der Waals surface area contributed by atoms with E-state index in [9.17, 15) is 4.79 Å². The Morgan fingerprint density at radius 1 is 1.17 bits per heavy atom. The minimum absolute atomic E-state index is 0.360. The first-order valence-corrected chi connectivity index (χ1v) is 7.62. The zero-order valence-corrected chi connectivity index (χ0v) is 13.6. The number of aromatic amines is 1. The Kier molecular flexibility index (Phi) is 3.28. The minimum Gasteiger partial charge on any atom is -0.436 e. The van der Waals surface area contributed by atoms with Crippen LogP contribution in [0.5, 0.6) is 11.6 Å². The summed E-state index contributed by atoms with van der Waals surface area (Å²) in [6, 6.07) is 6.56. The van der Waals surface area contributed by atoms with Crippen LogP contribution in [0, 0.1) is 13.8 Å². The second-order valence-electron chi connectivity index (χ2n) is 5.45. The van der Waals surface area contributed by atoms with Gasteiger partial charge in [0.1, 0.15) is 17.1 Å². The van der Waals surface area contributed by atoms with Crippen molar-refractivity contribution in [1.82, 2.24) is 15.0 Å². The predicted octanol–water partition coefficient (Wildman–Crippen LogP) is 4.13. The van der Waals surface area contributed by atoms with Crippen molar-refractivity contribution in [3.8, 4) is 11.6 Å². The largest absolute Gasteiger partial charge is 0.436 e. The molecule has 1 N–H and O–H groups in total. The predicted molar refractivity (Wildman–Crippen MR) is 90.9 cm³/mol. The molecule has 0 aliphatic carbocycles. The van der Waals surface area contributed by atoms with Gasteiger partial charge in [0, 0.05) is 23.7 Å². The molecule has 0 unspecified atom stereocenters. The number of H-pyrrole nitrogens is 1. The van der Waals surface area contributed by atoms with Gasteiger partial charge in [0.05, 0.1) is 10.4 Å². The first-order chi connectivity index (χ1) is 11.5. The number of rotatable bonds is 2. The van der Waals surface area contributed by atoms with Gasteiger partial charge in [-0.05, 0) is 31.5 Å². The average molecular weight is 342 g/mol. The number of ether oxygens (including phenoxy) is 1. The molecule has 1 aromatic carbocycles. The fraction of sp³-hybridized carbons (Fsp3) is 0.118. The third-order valence-corrected chi connectivity index (χ3v) is 4.00. The number of aromatic nitrogens is 3. The number of aryl methyl sites for hydroxylation is 2. The lowest BCUT2D eigenvalue weighted by molar-refractivity contribution is 0.465. The van der Waals surface area contributed by atoms with Crippen molar-refractivity contribution in [3.63, 3.8) is 0 Å². The molecular weight excluding hydrogens is 330 g/mol. The van der Waals surface area contributed by atoms with Crippen molar-refractivity contribution in [2.24, 2.45) is 0 Å². The molecule has 0 radical (unpaired) electrons. The van der Waals surface area contributed by atoms with Crippen molar-refractivity contribution in [2.75, 3.05) is 0 Å². The van der Waals surface area contributed by atoms with Crippen LogP contribution in [0.3, 0.4) is 0 Å². The monoisotopic (exact) mass is 341 g/mol. The molecule has 3 heterocycles. The second-order valence-corrected chi connectivity index (χ2v) is 5.85. The van der Waals surface area contributed by atoms with Crippen molar-refractivity contribution in [2.45, 2.75) is 13.8 Å². The lowest BCUT2D eigenvalue weighted by Crippen LogP contribution is -1.99. The van der Waals surface area contributed by atoms with Crippen LogP contribution in [-0.4, -0.2) is 15.0 Å². The van der Waals surface area contributed by atoms with E-state index in [2.05, 4.69) is 15.0 Å². The second kappa shape index (κ2) is 5.35. The van der Waals surface area contributed by atoms with Crippen LogP contribution >= 0.6 is 11.6 Å². The van der Waals surface area contributed by atoms with Crippen LogP contribution in [0.1, 0.15) is 11.4 Å². The third kappa shape index (κ3) is 2.41. The number of benzene rings is 1. The highest BCUT2D eigenvalue weighted by Crippen LogP contribution is 2.35. The SMILES string of the molecule is Cc1nc(Oc2cc3oc(=O)cc(C)c3cc2Cl)c2cc[nH]c2n1. The topological polar surface area (TPSA) is 81.0 Å². The summed E-state index contributed by atoms with van der Waals surface area (Å²) < 4.78 is 11.1. The molecule has 0 saturated carbocycles.